The monoisotopic (exact) mass is 356 g/mol. The van der Waals surface area contributed by atoms with Crippen LogP contribution in [0.15, 0.2) is 51.8 Å². The summed E-state index contributed by atoms with van der Waals surface area (Å²) >= 11 is 1.63. The fourth-order valence-electron chi connectivity index (χ4n) is 2.97. The van der Waals surface area contributed by atoms with Gasteiger partial charge in [0.1, 0.15) is 23.6 Å². The molecule has 4 nitrogen and oxygen atoms in total. The van der Waals surface area contributed by atoms with E-state index in [1.54, 1.807) is 30.8 Å². The van der Waals surface area contributed by atoms with Crippen molar-refractivity contribution in [1.29, 1.82) is 0 Å². The highest BCUT2D eigenvalue weighted by atomic mass is 32.2. The van der Waals surface area contributed by atoms with Crippen LogP contribution < -0.4 is 4.90 Å². The summed E-state index contributed by atoms with van der Waals surface area (Å²) in [7, 11) is 4.02. The van der Waals surface area contributed by atoms with E-state index in [1.165, 1.54) is 4.90 Å². The summed E-state index contributed by atoms with van der Waals surface area (Å²) in [6.07, 6.45) is 0. The number of fused-ring (bicyclic) bond motifs is 1. The molecule has 25 heavy (non-hydrogen) atoms. The average Bonchev–Trinajstić information content (AvgIpc) is 2.95. The van der Waals surface area contributed by atoms with Crippen LogP contribution in [0.4, 0.5) is 0 Å². The molecule has 0 aliphatic carbocycles. The number of rotatable bonds is 6. The molecule has 0 unspecified atom stereocenters. The first kappa shape index (κ1) is 17.6. The number of hydrogen-bond donors (Lipinski definition) is 2. The number of thioether (sulfide) groups is 1. The Bertz CT molecular complexity index is 900. The molecular weight excluding hydrogens is 334 g/mol. The van der Waals surface area contributed by atoms with Crippen LogP contribution in [0, 0.1) is 0 Å². The first-order valence-electron chi connectivity index (χ1n) is 8.21. The zero-order valence-electron chi connectivity index (χ0n) is 14.6. The van der Waals surface area contributed by atoms with Crippen molar-refractivity contribution in [3.05, 3.63) is 59.4 Å². The summed E-state index contributed by atoms with van der Waals surface area (Å²) in [5.41, 5.74) is 2.01. The molecule has 0 aliphatic heterocycles. The molecule has 1 aromatic heterocycles. The SMILES string of the molecule is CC(=O)c1c(CSc2ccccc2)oc2ccc(O)c(C[NH+](C)C)c12. The van der Waals surface area contributed by atoms with E-state index in [2.05, 4.69) is 0 Å². The molecule has 3 aromatic rings. The van der Waals surface area contributed by atoms with Gasteiger partial charge in [0, 0.05) is 10.3 Å². The van der Waals surface area contributed by atoms with Crippen LogP contribution in [0.3, 0.4) is 0 Å². The lowest BCUT2D eigenvalue weighted by Crippen LogP contribution is -3.04. The quantitative estimate of drug-likeness (QED) is 0.526. The van der Waals surface area contributed by atoms with Crippen molar-refractivity contribution in [2.75, 3.05) is 14.1 Å². The number of aromatic hydroxyl groups is 1. The maximum atomic E-state index is 12.3. The third-order valence-corrected chi connectivity index (χ3v) is 5.02. The minimum absolute atomic E-state index is 0.0389. The first-order valence-corrected chi connectivity index (χ1v) is 9.20. The number of benzene rings is 2. The molecule has 0 aliphatic rings. The van der Waals surface area contributed by atoms with Gasteiger partial charge < -0.3 is 14.4 Å². The molecule has 0 bridgehead atoms. The van der Waals surface area contributed by atoms with Crippen molar-refractivity contribution in [1.82, 2.24) is 0 Å². The zero-order valence-corrected chi connectivity index (χ0v) is 15.4. The topological polar surface area (TPSA) is 54.9 Å². The third-order valence-electron chi connectivity index (χ3n) is 4.01. The van der Waals surface area contributed by atoms with Gasteiger partial charge in [0.15, 0.2) is 5.78 Å². The van der Waals surface area contributed by atoms with Crippen molar-refractivity contribution in [2.45, 2.75) is 24.1 Å². The smallest absolute Gasteiger partial charge is 0.163 e. The Hall–Kier alpha value is -2.24. The first-order chi connectivity index (χ1) is 12.0. The van der Waals surface area contributed by atoms with Crippen LogP contribution in [-0.2, 0) is 12.3 Å². The number of furan rings is 1. The standard InChI is InChI=1S/C20H21NO3S/c1-13(22)19-18(12-25-14-7-5-4-6-8-14)24-17-10-9-16(23)15(20(17)19)11-21(2)3/h4-10,23H,11-12H2,1-3H3/p+1. The lowest BCUT2D eigenvalue weighted by Gasteiger charge is -2.10. The summed E-state index contributed by atoms with van der Waals surface area (Å²) in [5.74, 6) is 1.40. The number of ketones is 1. The largest absolute Gasteiger partial charge is 0.507 e. The number of carbonyl (C=O) groups excluding carboxylic acids is 1. The second-order valence-electron chi connectivity index (χ2n) is 6.38. The summed E-state index contributed by atoms with van der Waals surface area (Å²) in [6, 6.07) is 13.4. The van der Waals surface area contributed by atoms with Crippen molar-refractivity contribution in [3.63, 3.8) is 0 Å². The molecule has 0 saturated heterocycles. The van der Waals surface area contributed by atoms with Crippen LogP contribution >= 0.6 is 11.8 Å². The van der Waals surface area contributed by atoms with Crippen LogP contribution in [-0.4, -0.2) is 25.0 Å². The van der Waals surface area contributed by atoms with Crippen molar-refractivity contribution in [2.24, 2.45) is 0 Å². The lowest BCUT2D eigenvalue weighted by atomic mass is 10.0. The summed E-state index contributed by atoms with van der Waals surface area (Å²) < 4.78 is 6.00. The number of hydrogen-bond acceptors (Lipinski definition) is 4. The number of nitrogens with one attached hydrogen (secondary N) is 1. The average molecular weight is 356 g/mol. The second kappa shape index (κ2) is 7.33. The molecule has 2 aromatic carbocycles. The van der Waals surface area contributed by atoms with Gasteiger partial charge >= 0.3 is 0 Å². The Kier molecular flexibility index (Phi) is 5.16. The normalized spacial score (nSPS) is 11.4. The van der Waals surface area contributed by atoms with Gasteiger partial charge in [-0.25, -0.2) is 0 Å². The number of phenols is 1. The molecule has 5 heteroatoms. The molecule has 1 heterocycles. The predicted molar refractivity (Wildman–Crippen MR) is 100 cm³/mol. The molecular formula is C20H22NO3S+. The summed E-state index contributed by atoms with van der Waals surface area (Å²) in [4.78, 5) is 14.6. The van der Waals surface area contributed by atoms with Gasteiger partial charge in [0.05, 0.1) is 31.0 Å². The minimum atomic E-state index is -0.0389. The number of phenolic OH excluding ortho intramolecular Hbond substituents is 1. The van der Waals surface area contributed by atoms with Crippen LogP contribution in [0.25, 0.3) is 11.0 Å². The van der Waals surface area contributed by atoms with Gasteiger partial charge in [-0.05, 0) is 31.2 Å². The molecule has 0 fully saturated rings. The molecule has 3 rings (SSSR count). The van der Waals surface area contributed by atoms with Crippen molar-refractivity contribution >= 4 is 28.5 Å². The van der Waals surface area contributed by atoms with Crippen LogP contribution in [0.2, 0.25) is 0 Å². The van der Waals surface area contributed by atoms with E-state index in [4.69, 9.17) is 4.42 Å². The Morgan fingerprint density at radius 3 is 2.52 bits per heavy atom. The van der Waals surface area contributed by atoms with E-state index in [0.717, 1.165) is 15.8 Å². The number of carbonyl (C=O) groups is 1. The Morgan fingerprint density at radius 1 is 1.16 bits per heavy atom. The highest BCUT2D eigenvalue weighted by Gasteiger charge is 2.23. The molecule has 0 atom stereocenters. The Balaban J connectivity index is 2.07. The molecule has 0 amide bonds. The molecule has 130 valence electrons. The third kappa shape index (κ3) is 3.72. The number of quaternary nitrogens is 1. The lowest BCUT2D eigenvalue weighted by molar-refractivity contribution is -0.872. The maximum absolute atomic E-state index is 12.3. The molecule has 0 saturated carbocycles. The summed E-state index contributed by atoms with van der Waals surface area (Å²) in [6.45, 7) is 2.17. The Labute approximate surface area is 151 Å². The second-order valence-corrected chi connectivity index (χ2v) is 7.43. The van der Waals surface area contributed by atoms with Crippen molar-refractivity contribution < 1.29 is 19.2 Å². The minimum Gasteiger partial charge on any atom is -0.507 e. The summed E-state index contributed by atoms with van der Waals surface area (Å²) in [5, 5.41) is 11.1. The molecule has 0 radical (unpaired) electrons. The van der Waals surface area contributed by atoms with Gasteiger partial charge in [-0.1, -0.05) is 18.2 Å². The maximum Gasteiger partial charge on any atom is 0.163 e. The number of Topliss-reactive ketones (excluding diaryl/α,β-unsaturated/α-hetero) is 1. The van der Waals surface area contributed by atoms with E-state index < -0.39 is 0 Å². The van der Waals surface area contributed by atoms with Gasteiger partial charge in [-0.2, -0.15) is 0 Å². The Morgan fingerprint density at radius 2 is 1.88 bits per heavy atom. The highest BCUT2D eigenvalue weighted by molar-refractivity contribution is 7.98. The van der Waals surface area contributed by atoms with Gasteiger partial charge in [0.2, 0.25) is 0 Å². The van der Waals surface area contributed by atoms with E-state index in [9.17, 15) is 9.90 Å². The zero-order chi connectivity index (χ0) is 18.0. The van der Waals surface area contributed by atoms with E-state index in [0.29, 0.717) is 29.2 Å². The van der Waals surface area contributed by atoms with Crippen LogP contribution in [0.5, 0.6) is 5.75 Å². The van der Waals surface area contributed by atoms with Crippen LogP contribution in [0.1, 0.15) is 28.6 Å². The van der Waals surface area contributed by atoms with Gasteiger partial charge in [-0.3, -0.25) is 4.79 Å². The van der Waals surface area contributed by atoms with Gasteiger partial charge in [0.25, 0.3) is 0 Å². The van der Waals surface area contributed by atoms with E-state index >= 15 is 0 Å². The molecule has 0 spiro atoms. The fraction of sp³-hybridized carbons (Fsp3) is 0.250. The van der Waals surface area contributed by atoms with E-state index in [1.807, 2.05) is 44.4 Å². The van der Waals surface area contributed by atoms with Gasteiger partial charge in [-0.15, -0.1) is 11.8 Å². The van der Waals surface area contributed by atoms with E-state index in [-0.39, 0.29) is 11.5 Å². The van der Waals surface area contributed by atoms with Crippen molar-refractivity contribution in [3.8, 4) is 5.75 Å². The predicted octanol–water partition coefficient (Wildman–Crippen LogP) is 3.28. The fourth-order valence-corrected chi connectivity index (χ4v) is 3.82. The molecule has 2 N–H and O–H groups in total. The highest BCUT2D eigenvalue weighted by Crippen LogP contribution is 2.36.